The predicted octanol–water partition coefficient (Wildman–Crippen LogP) is 2.78. The second kappa shape index (κ2) is 8.88. The molecule has 0 bridgehead atoms. The summed E-state index contributed by atoms with van der Waals surface area (Å²) in [5.41, 5.74) is 0.241. The molecule has 0 atom stereocenters. The van der Waals surface area contributed by atoms with Crippen molar-refractivity contribution in [3.05, 3.63) is 29.8 Å². The third-order valence-electron chi connectivity index (χ3n) is 4.74. The van der Waals surface area contributed by atoms with Crippen molar-refractivity contribution in [3.8, 4) is 5.75 Å². The average Bonchev–Trinajstić information content (AvgIpc) is 3.43. The molecule has 1 aromatic carbocycles. The molecule has 2 amide bonds. The fourth-order valence-corrected chi connectivity index (χ4v) is 3.21. The topological polar surface area (TPSA) is 58.6 Å². The number of benzene rings is 1. The Hall–Kier alpha value is -2.04. The number of carbonyl (C=O) groups is 2. The lowest BCUT2D eigenvalue weighted by atomic mass is 10.0. The Morgan fingerprint density at radius 2 is 1.80 bits per heavy atom. The average molecular weight is 346 g/mol. The van der Waals surface area contributed by atoms with Gasteiger partial charge in [-0.3, -0.25) is 9.59 Å². The van der Waals surface area contributed by atoms with Gasteiger partial charge in [0, 0.05) is 19.6 Å². The summed E-state index contributed by atoms with van der Waals surface area (Å²) in [6.07, 6.45) is 3.84. The largest absolute Gasteiger partial charge is 0.496 e. The number of hydrogen-bond acceptors (Lipinski definition) is 3. The fraction of sp³-hybridized carbons (Fsp3) is 0.600. The summed E-state index contributed by atoms with van der Waals surface area (Å²) < 4.78 is 5.33. The van der Waals surface area contributed by atoms with Gasteiger partial charge in [0.15, 0.2) is 0 Å². The maximum Gasteiger partial charge on any atom is 0.238 e. The molecule has 0 heterocycles. The van der Waals surface area contributed by atoms with Crippen LogP contribution in [0.25, 0.3) is 0 Å². The van der Waals surface area contributed by atoms with E-state index in [0.717, 1.165) is 37.2 Å². The van der Waals surface area contributed by atoms with Gasteiger partial charge in [-0.1, -0.05) is 32.0 Å². The molecule has 25 heavy (non-hydrogen) atoms. The standard InChI is InChI=1S/C20H30N2O3/c1-4-14-22(15-5-2)19(24)20(11-12-20)18(23)21-13-10-16-8-6-7-9-17(16)25-3/h6-9H,4-5,10-15H2,1-3H3,(H,21,23). The second-order valence-electron chi connectivity index (χ2n) is 6.69. The van der Waals surface area contributed by atoms with Crippen molar-refractivity contribution in [2.75, 3.05) is 26.7 Å². The van der Waals surface area contributed by atoms with Crippen molar-refractivity contribution in [1.82, 2.24) is 10.2 Å². The zero-order chi connectivity index (χ0) is 18.3. The van der Waals surface area contributed by atoms with Crippen LogP contribution in [0.3, 0.4) is 0 Å². The van der Waals surface area contributed by atoms with Gasteiger partial charge < -0.3 is 15.0 Å². The highest BCUT2D eigenvalue weighted by Crippen LogP contribution is 2.47. The lowest BCUT2D eigenvalue weighted by Gasteiger charge is -2.26. The summed E-state index contributed by atoms with van der Waals surface area (Å²) in [5, 5.41) is 2.96. The first-order valence-corrected chi connectivity index (χ1v) is 9.28. The maximum absolute atomic E-state index is 12.8. The highest BCUT2D eigenvalue weighted by atomic mass is 16.5. The van der Waals surface area contributed by atoms with Gasteiger partial charge in [-0.15, -0.1) is 0 Å². The molecule has 5 nitrogen and oxygen atoms in total. The van der Waals surface area contributed by atoms with Gasteiger partial charge in [0.05, 0.1) is 7.11 Å². The number of ether oxygens (including phenoxy) is 1. The molecule has 1 saturated carbocycles. The van der Waals surface area contributed by atoms with Crippen LogP contribution in [0.1, 0.15) is 45.1 Å². The molecule has 5 heteroatoms. The van der Waals surface area contributed by atoms with Gasteiger partial charge in [0.25, 0.3) is 0 Å². The number of carbonyl (C=O) groups excluding carboxylic acids is 2. The van der Waals surface area contributed by atoms with E-state index >= 15 is 0 Å². The summed E-state index contributed by atoms with van der Waals surface area (Å²) in [6, 6.07) is 7.79. The molecule has 1 N–H and O–H groups in total. The van der Waals surface area contributed by atoms with Gasteiger partial charge >= 0.3 is 0 Å². The Bertz CT molecular complexity index is 590. The lowest BCUT2D eigenvalue weighted by molar-refractivity contribution is -0.144. The van der Waals surface area contributed by atoms with E-state index in [1.807, 2.05) is 29.2 Å². The smallest absolute Gasteiger partial charge is 0.238 e. The van der Waals surface area contributed by atoms with Crippen molar-refractivity contribution >= 4 is 11.8 Å². The fourth-order valence-electron chi connectivity index (χ4n) is 3.21. The summed E-state index contributed by atoms with van der Waals surface area (Å²) in [7, 11) is 1.64. The third-order valence-corrected chi connectivity index (χ3v) is 4.74. The summed E-state index contributed by atoms with van der Waals surface area (Å²) >= 11 is 0. The van der Waals surface area contributed by atoms with Crippen molar-refractivity contribution in [2.24, 2.45) is 5.41 Å². The van der Waals surface area contributed by atoms with Crippen LogP contribution >= 0.6 is 0 Å². The van der Waals surface area contributed by atoms with Crippen LogP contribution in [0.4, 0.5) is 0 Å². The summed E-state index contributed by atoms with van der Waals surface area (Å²) in [6.45, 7) is 6.08. The number of methoxy groups -OCH3 is 1. The minimum Gasteiger partial charge on any atom is -0.496 e. The molecular formula is C20H30N2O3. The number of hydrogen-bond donors (Lipinski definition) is 1. The van der Waals surface area contributed by atoms with Gasteiger partial charge in [-0.25, -0.2) is 0 Å². The molecule has 2 rings (SSSR count). The quantitative estimate of drug-likeness (QED) is 0.663. The van der Waals surface area contributed by atoms with E-state index in [1.165, 1.54) is 0 Å². The molecule has 1 aliphatic rings. The predicted molar refractivity (Wildman–Crippen MR) is 98.5 cm³/mol. The third kappa shape index (κ3) is 4.53. The number of rotatable bonds is 10. The van der Waals surface area contributed by atoms with E-state index in [1.54, 1.807) is 7.11 Å². The van der Waals surface area contributed by atoms with Gasteiger partial charge in [0.1, 0.15) is 11.2 Å². The highest BCUT2D eigenvalue weighted by Gasteiger charge is 2.57. The normalized spacial score (nSPS) is 14.7. The number of nitrogens with one attached hydrogen (secondary N) is 1. The summed E-state index contributed by atoms with van der Waals surface area (Å²) in [4.78, 5) is 27.3. The van der Waals surface area contributed by atoms with Crippen LogP contribution < -0.4 is 10.1 Å². The molecular weight excluding hydrogens is 316 g/mol. The Balaban J connectivity index is 1.92. The van der Waals surface area contributed by atoms with Crippen LogP contribution in [0.2, 0.25) is 0 Å². The second-order valence-corrected chi connectivity index (χ2v) is 6.69. The van der Waals surface area contributed by atoms with Gasteiger partial charge in [-0.2, -0.15) is 0 Å². The van der Waals surface area contributed by atoms with Crippen molar-refractivity contribution in [2.45, 2.75) is 46.0 Å². The van der Waals surface area contributed by atoms with Crippen molar-refractivity contribution in [3.63, 3.8) is 0 Å². The molecule has 1 aromatic rings. The first kappa shape index (κ1) is 19.3. The van der Waals surface area contributed by atoms with Crippen molar-refractivity contribution < 1.29 is 14.3 Å². The lowest BCUT2D eigenvalue weighted by Crippen LogP contribution is -2.46. The first-order chi connectivity index (χ1) is 12.1. The van der Waals surface area contributed by atoms with Crippen LogP contribution in [-0.2, 0) is 16.0 Å². The molecule has 0 aromatic heterocycles. The minimum absolute atomic E-state index is 0.00555. The molecule has 1 aliphatic carbocycles. The van der Waals surface area contributed by atoms with Crippen LogP contribution in [0, 0.1) is 5.41 Å². The molecule has 1 fully saturated rings. The first-order valence-electron chi connectivity index (χ1n) is 9.28. The monoisotopic (exact) mass is 346 g/mol. The van der Waals surface area contributed by atoms with E-state index in [4.69, 9.17) is 4.74 Å². The minimum atomic E-state index is -0.814. The van der Waals surface area contributed by atoms with E-state index in [9.17, 15) is 9.59 Å². The number of amides is 2. The number of nitrogens with zero attached hydrogens (tertiary/aromatic N) is 1. The Labute approximate surface area is 150 Å². The number of para-hydroxylation sites is 1. The van der Waals surface area contributed by atoms with Gasteiger partial charge in [-0.05, 0) is 43.7 Å². The van der Waals surface area contributed by atoms with E-state index < -0.39 is 5.41 Å². The maximum atomic E-state index is 12.8. The van der Waals surface area contributed by atoms with Crippen LogP contribution in [0.15, 0.2) is 24.3 Å². The Morgan fingerprint density at radius 3 is 2.36 bits per heavy atom. The molecule has 138 valence electrons. The Kier molecular flexibility index (Phi) is 6.85. The Morgan fingerprint density at radius 1 is 1.16 bits per heavy atom. The van der Waals surface area contributed by atoms with Crippen LogP contribution in [0.5, 0.6) is 5.75 Å². The summed E-state index contributed by atoms with van der Waals surface area (Å²) in [5.74, 6) is 0.710. The van der Waals surface area contributed by atoms with Crippen molar-refractivity contribution in [1.29, 1.82) is 0 Å². The molecule has 0 unspecified atom stereocenters. The molecule has 0 radical (unpaired) electrons. The van der Waals surface area contributed by atoms with E-state index in [0.29, 0.717) is 25.8 Å². The highest BCUT2D eigenvalue weighted by molar-refractivity contribution is 6.07. The van der Waals surface area contributed by atoms with Gasteiger partial charge in [0.2, 0.25) is 11.8 Å². The molecule has 0 saturated heterocycles. The van der Waals surface area contributed by atoms with E-state index in [-0.39, 0.29) is 11.8 Å². The zero-order valence-electron chi connectivity index (χ0n) is 15.6. The molecule has 0 spiro atoms. The SMILES string of the molecule is CCCN(CCC)C(=O)C1(C(=O)NCCc2ccccc2OC)CC1. The van der Waals surface area contributed by atoms with Crippen LogP contribution in [-0.4, -0.2) is 43.5 Å². The van der Waals surface area contributed by atoms with E-state index in [2.05, 4.69) is 19.2 Å². The zero-order valence-corrected chi connectivity index (χ0v) is 15.6. The molecule has 0 aliphatic heterocycles.